The highest BCUT2D eigenvalue weighted by Crippen LogP contribution is 2.43. The van der Waals surface area contributed by atoms with Crippen LogP contribution >= 0.6 is 11.3 Å². The van der Waals surface area contributed by atoms with Crippen molar-refractivity contribution < 1.29 is 19.1 Å². The molecule has 1 aromatic rings. The first-order valence-corrected chi connectivity index (χ1v) is 10.9. The van der Waals surface area contributed by atoms with Crippen LogP contribution in [0.3, 0.4) is 0 Å². The molecule has 0 unspecified atom stereocenters. The fraction of sp³-hybridized carbons (Fsp3) is 0.700. The summed E-state index contributed by atoms with van der Waals surface area (Å²) in [5.74, 6) is 0.408. The molecule has 1 saturated carbocycles. The van der Waals surface area contributed by atoms with Gasteiger partial charge in [0.05, 0.1) is 17.6 Å². The molecule has 148 valence electrons. The molecule has 6 nitrogen and oxygen atoms in total. The van der Waals surface area contributed by atoms with Gasteiger partial charge in [0.1, 0.15) is 11.8 Å². The Morgan fingerprint density at radius 3 is 2.81 bits per heavy atom. The molecule has 1 spiro atoms. The molecule has 0 aromatic carbocycles. The Labute approximate surface area is 164 Å². The molecule has 3 aliphatic rings. The predicted octanol–water partition coefficient (Wildman–Crippen LogP) is 2.79. The van der Waals surface area contributed by atoms with Gasteiger partial charge in [-0.25, -0.2) is 0 Å². The van der Waals surface area contributed by atoms with Crippen molar-refractivity contribution in [1.82, 2.24) is 10.2 Å². The minimum absolute atomic E-state index is 0.0854. The van der Waals surface area contributed by atoms with Crippen LogP contribution in [0.2, 0.25) is 0 Å². The van der Waals surface area contributed by atoms with Crippen LogP contribution in [0, 0.1) is 5.92 Å². The van der Waals surface area contributed by atoms with E-state index in [1.54, 1.807) is 4.90 Å². The molecule has 3 fully saturated rings. The minimum Gasteiger partial charge on any atom is -0.376 e. The molecule has 1 aromatic heterocycles. The highest BCUT2D eigenvalue weighted by molar-refractivity contribution is 7.12. The SMILES string of the molecule is CC1CCC2(CC1)OC[C@H](C(=O)NC[C@H]1CCCO1)N2C(=O)c1cccs1. The fourth-order valence-corrected chi connectivity index (χ4v) is 5.10. The molecule has 0 radical (unpaired) electrons. The van der Waals surface area contributed by atoms with Gasteiger partial charge in [-0.15, -0.1) is 11.3 Å². The van der Waals surface area contributed by atoms with Gasteiger partial charge in [0.25, 0.3) is 5.91 Å². The summed E-state index contributed by atoms with van der Waals surface area (Å²) in [7, 11) is 0. The quantitative estimate of drug-likeness (QED) is 0.856. The van der Waals surface area contributed by atoms with Gasteiger partial charge < -0.3 is 14.8 Å². The highest BCUT2D eigenvalue weighted by Gasteiger charge is 2.53. The van der Waals surface area contributed by atoms with Crippen LogP contribution in [0.1, 0.15) is 55.1 Å². The first kappa shape index (κ1) is 18.9. The lowest BCUT2D eigenvalue weighted by molar-refractivity contribution is -0.128. The van der Waals surface area contributed by atoms with Crippen molar-refractivity contribution in [3.05, 3.63) is 22.4 Å². The van der Waals surface area contributed by atoms with Gasteiger partial charge in [-0.05, 0) is 55.9 Å². The number of carbonyl (C=O) groups is 2. The largest absolute Gasteiger partial charge is 0.376 e. The first-order chi connectivity index (χ1) is 13.1. The minimum atomic E-state index is -0.639. The summed E-state index contributed by atoms with van der Waals surface area (Å²) >= 11 is 1.41. The van der Waals surface area contributed by atoms with Gasteiger partial charge in [0.2, 0.25) is 5.91 Å². The van der Waals surface area contributed by atoms with Crippen molar-refractivity contribution in [3.63, 3.8) is 0 Å². The molecular formula is C20H28N2O4S. The van der Waals surface area contributed by atoms with E-state index in [9.17, 15) is 9.59 Å². The van der Waals surface area contributed by atoms with Crippen molar-refractivity contribution in [2.45, 2.75) is 63.3 Å². The third-order valence-electron chi connectivity index (χ3n) is 6.10. The van der Waals surface area contributed by atoms with E-state index in [1.807, 2.05) is 17.5 Å². The van der Waals surface area contributed by atoms with Crippen molar-refractivity contribution >= 4 is 23.2 Å². The summed E-state index contributed by atoms with van der Waals surface area (Å²) in [4.78, 5) is 28.6. The normalized spacial score (nSPS) is 33.5. The lowest BCUT2D eigenvalue weighted by Crippen LogP contribution is -2.57. The highest BCUT2D eigenvalue weighted by atomic mass is 32.1. The van der Waals surface area contributed by atoms with E-state index in [2.05, 4.69) is 12.2 Å². The van der Waals surface area contributed by atoms with Gasteiger partial charge in [-0.2, -0.15) is 0 Å². The maximum atomic E-state index is 13.3. The average Bonchev–Trinajstić information content (AvgIpc) is 3.43. The summed E-state index contributed by atoms with van der Waals surface area (Å²) in [6.07, 6.45) is 5.71. The number of thiophene rings is 1. The van der Waals surface area contributed by atoms with Crippen LogP contribution in [0.25, 0.3) is 0 Å². The molecule has 0 bridgehead atoms. The molecule has 2 atom stereocenters. The third-order valence-corrected chi connectivity index (χ3v) is 6.96. The summed E-state index contributed by atoms with van der Waals surface area (Å²) in [6, 6.07) is 3.12. The molecule has 2 amide bonds. The van der Waals surface area contributed by atoms with Crippen molar-refractivity contribution in [2.24, 2.45) is 5.92 Å². The van der Waals surface area contributed by atoms with Crippen LogP contribution < -0.4 is 5.32 Å². The Kier molecular flexibility index (Phi) is 5.53. The Morgan fingerprint density at radius 2 is 2.15 bits per heavy atom. The molecule has 7 heteroatoms. The van der Waals surface area contributed by atoms with E-state index < -0.39 is 11.8 Å². The maximum absolute atomic E-state index is 13.3. The standard InChI is InChI=1S/C20H28N2O4S/c1-14-6-8-20(9-7-14)22(19(24)17-5-3-11-27-17)16(13-26-20)18(23)21-12-15-4-2-10-25-15/h3,5,11,14-16H,2,4,6-10,12-13H2,1H3,(H,21,23)/t14?,15-,16-,20?/m1/s1. The van der Waals surface area contributed by atoms with Crippen molar-refractivity contribution in [2.75, 3.05) is 19.8 Å². The van der Waals surface area contributed by atoms with E-state index >= 15 is 0 Å². The van der Waals surface area contributed by atoms with E-state index in [0.29, 0.717) is 17.3 Å². The lowest BCUT2D eigenvalue weighted by atomic mass is 9.83. The predicted molar refractivity (Wildman–Crippen MR) is 103 cm³/mol. The van der Waals surface area contributed by atoms with Gasteiger partial charge in [-0.1, -0.05) is 13.0 Å². The summed E-state index contributed by atoms with van der Waals surface area (Å²) < 4.78 is 11.8. The zero-order valence-electron chi connectivity index (χ0n) is 15.8. The van der Waals surface area contributed by atoms with E-state index in [1.165, 1.54) is 11.3 Å². The van der Waals surface area contributed by atoms with Crippen LogP contribution in [0.4, 0.5) is 0 Å². The molecular weight excluding hydrogens is 364 g/mol. The number of hydrogen-bond acceptors (Lipinski definition) is 5. The van der Waals surface area contributed by atoms with Gasteiger partial charge in [0.15, 0.2) is 0 Å². The summed E-state index contributed by atoms with van der Waals surface area (Å²) in [5, 5.41) is 4.89. The van der Waals surface area contributed by atoms with Crippen molar-refractivity contribution in [1.29, 1.82) is 0 Å². The fourth-order valence-electron chi connectivity index (χ4n) is 4.44. The van der Waals surface area contributed by atoms with Gasteiger partial charge in [-0.3, -0.25) is 14.5 Å². The van der Waals surface area contributed by atoms with Crippen LogP contribution in [0.5, 0.6) is 0 Å². The molecule has 1 N–H and O–H groups in total. The van der Waals surface area contributed by atoms with Gasteiger partial charge >= 0.3 is 0 Å². The number of nitrogens with zero attached hydrogens (tertiary/aromatic N) is 1. The van der Waals surface area contributed by atoms with Crippen LogP contribution in [-0.2, 0) is 14.3 Å². The zero-order chi connectivity index (χ0) is 18.9. The average molecular weight is 393 g/mol. The Bertz CT molecular complexity index is 664. The summed E-state index contributed by atoms with van der Waals surface area (Å²) in [5.41, 5.74) is -0.639. The second-order valence-electron chi connectivity index (χ2n) is 7.99. The number of hydrogen-bond donors (Lipinski definition) is 1. The van der Waals surface area contributed by atoms with Crippen LogP contribution in [0.15, 0.2) is 17.5 Å². The number of carbonyl (C=O) groups excluding carboxylic acids is 2. The lowest BCUT2D eigenvalue weighted by Gasteiger charge is -2.42. The topological polar surface area (TPSA) is 67.9 Å². The number of nitrogens with one attached hydrogen (secondary N) is 1. The van der Waals surface area contributed by atoms with E-state index in [-0.39, 0.29) is 24.5 Å². The smallest absolute Gasteiger partial charge is 0.266 e. The van der Waals surface area contributed by atoms with Gasteiger partial charge in [0, 0.05) is 13.2 Å². The molecule has 1 aliphatic carbocycles. The molecule has 2 aliphatic heterocycles. The van der Waals surface area contributed by atoms with Crippen LogP contribution in [-0.4, -0.2) is 54.3 Å². The Hall–Kier alpha value is -1.44. The Morgan fingerprint density at radius 1 is 1.33 bits per heavy atom. The molecule has 3 heterocycles. The zero-order valence-corrected chi connectivity index (χ0v) is 16.6. The number of ether oxygens (including phenoxy) is 2. The summed E-state index contributed by atoms with van der Waals surface area (Å²) in [6.45, 7) is 3.76. The Balaban J connectivity index is 1.52. The maximum Gasteiger partial charge on any atom is 0.266 e. The molecule has 27 heavy (non-hydrogen) atoms. The van der Waals surface area contributed by atoms with Crippen molar-refractivity contribution in [3.8, 4) is 0 Å². The third kappa shape index (κ3) is 3.77. The van der Waals surface area contributed by atoms with E-state index in [4.69, 9.17) is 9.47 Å². The monoisotopic (exact) mass is 392 g/mol. The van der Waals surface area contributed by atoms with E-state index in [0.717, 1.165) is 45.1 Å². The second-order valence-corrected chi connectivity index (χ2v) is 8.94. The first-order valence-electron chi connectivity index (χ1n) is 9.99. The molecule has 4 rings (SSSR count). The molecule has 2 saturated heterocycles. The number of rotatable bonds is 4. The second kappa shape index (κ2) is 7.89. The number of amides is 2.